The minimum absolute atomic E-state index is 0.357. The Hall–Kier alpha value is -3.55. The van der Waals surface area contributed by atoms with Gasteiger partial charge in [0.2, 0.25) is 0 Å². The summed E-state index contributed by atoms with van der Waals surface area (Å²) in [7, 11) is 0. The van der Waals surface area contributed by atoms with E-state index in [1.807, 2.05) is 30.6 Å². The number of aromatic amines is 1. The summed E-state index contributed by atoms with van der Waals surface area (Å²) in [6.45, 7) is 2.57. The standard InChI is InChI=1S/C24H18ClFN6/c25-17-2-3-19(26)18(9-17)24-23(30-13-31-24)14-1-4-20-15(7-14)8-16(10-28-20)21-11-29-22-12-27-5-6-32(21)22/h1-4,7-11,13,27H,5-6,12H2,(H,30,31). The molecule has 0 amide bonds. The van der Waals surface area contributed by atoms with Gasteiger partial charge in [0.25, 0.3) is 0 Å². The van der Waals surface area contributed by atoms with E-state index in [1.54, 1.807) is 12.4 Å². The zero-order valence-electron chi connectivity index (χ0n) is 16.9. The quantitative estimate of drug-likeness (QED) is 0.408. The molecule has 0 radical (unpaired) electrons. The van der Waals surface area contributed by atoms with E-state index >= 15 is 0 Å². The maximum Gasteiger partial charge on any atom is 0.132 e. The molecular weight excluding hydrogens is 427 g/mol. The highest BCUT2D eigenvalue weighted by atomic mass is 35.5. The van der Waals surface area contributed by atoms with Crippen LogP contribution in [0.4, 0.5) is 4.39 Å². The average molecular weight is 445 g/mol. The second-order valence-corrected chi connectivity index (χ2v) is 8.21. The van der Waals surface area contributed by atoms with Gasteiger partial charge in [-0.15, -0.1) is 0 Å². The summed E-state index contributed by atoms with van der Waals surface area (Å²) in [6.07, 6.45) is 5.36. The van der Waals surface area contributed by atoms with E-state index in [-0.39, 0.29) is 5.82 Å². The van der Waals surface area contributed by atoms with E-state index in [0.717, 1.165) is 53.2 Å². The largest absolute Gasteiger partial charge is 0.344 e. The van der Waals surface area contributed by atoms with Crippen LogP contribution in [0.3, 0.4) is 0 Å². The van der Waals surface area contributed by atoms with Crippen LogP contribution >= 0.6 is 11.6 Å². The Morgan fingerprint density at radius 1 is 0.969 bits per heavy atom. The number of nitrogens with one attached hydrogen (secondary N) is 2. The van der Waals surface area contributed by atoms with Crippen LogP contribution < -0.4 is 5.32 Å². The van der Waals surface area contributed by atoms with Crippen molar-refractivity contribution in [3.63, 3.8) is 0 Å². The first-order valence-electron chi connectivity index (χ1n) is 10.3. The number of imidazole rings is 2. The summed E-state index contributed by atoms with van der Waals surface area (Å²) in [4.78, 5) is 16.7. The van der Waals surface area contributed by atoms with Crippen LogP contribution in [0.15, 0.2) is 61.2 Å². The molecule has 158 valence electrons. The molecule has 0 fully saturated rings. The van der Waals surface area contributed by atoms with Crippen molar-refractivity contribution < 1.29 is 4.39 Å². The van der Waals surface area contributed by atoms with Crippen molar-refractivity contribution in [3.8, 4) is 33.8 Å². The summed E-state index contributed by atoms with van der Waals surface area (Å²) in [6, 6.07) is 12.5. The van der Waals surface area contributed by atoms with Gasteiger partial charge in [-0.2, -0.15) is 0 Å². The fraction of sp³-hybridized carbons (Fsp3) is 0.125. The molecule has 0 atom stereocenters. The molecule has 0 saturated carbocycles. The van der Waals surface area contributed by atoms with Crippen molar-refractivity contribution in [2.45, 2.75) is 13.1 Å². The Morgan fingerprint density at radius 2 is 1.88 bits per heavy atom. The number of rotatable bonds is 3. The highest BCUT2D eigenvalue weighted by Gasteiger charge is 2.17. The molecule has 0 spiro atoms. The zero-order chi connectivity index (χ0) is 21.7. The van der Waals surface area contributed by atoms with E-state index in [9.17, 15) is 4.39 Å². The minimum atomic E-state index is -0.357. The van der Waals surface area contributed by atoms with Gasteiger partial charge in [0.15, 0.2) is 0 Å². The molecule has 0 unspecified atom stereocenters. The minimum Gasteiger partial charge on any atom is -0.344 e. The molecule has 5 aromatic rings. The smallest absolute Gasteiger partial charge is 0.132 e. The van der Waals surface area contributed by atoms with E-state index in [2.05, 4.69) is 35.9 Å². The summed E-state index contributed by atoms with van der Waals surface area (Å²) in [5.41, 5.74) is 5.45. The Bertz CT molecular complexity index is 1470. The number of pyridine rings is 1. The summed E-state index contributed by atoms with van der Waals surface area (Å²) >= 11 is 6.11. The van der Waals surface area contributed by atoms with Gasteiger partial charge < -0.3 is 14.9 Å². The van der Waals surface area contributed by atoms with Crippen LogP contribution in [0.5, 0.6) is 0 Å². The lowest BCUT2D eigenvalue weighted by molar-refractivity contribution is 0.508. The molecule has 32 heavy (non-hydrogen) atoms. The van der Waals surface area contributed by atoms with Crippen LogP contribution in [0, 0.1) is 5.82 Å². The van der Waals surface area contributed by atoms with Gasteiger partial charge in [0.1, 0.15) is 11.6 Å². The van der Waals surface area contributed by atoms with Gasteiger partial charge in [-0.05, 0) is 36.4 Å². The number of benzene rings is 2. The highest BCUT2D eigenvalue weighted by molar-refractivity contribution is 6.30. The van der Waals surface area contributed by atoms with Crippen molar-refractivity contribution >= 4 is 22.5 Å². The lowest BCUT2D eigenvalue weighted by Gasteiger charge is -2.17. The Morgan fingerprint density at radius 3 is 2.81 bits per heavy atom. The molecule has 1 aliphatic rings. The maximum absolute atomic E-state index is 14.5. The van der Waals surface area contributed by atoms with Gasteiger partial charge in [-0.1, -0.05) is 17.7 Å². The van der Waals surface area contributed by atoms with Gasteiger partial charge in [-0.25, -0.2) is 14.4 Å². The maximum atomic E-state index is 14.5. The summed E-state index contributed by atoms with van der Waals surface area (Å²) in [5, 5.41) is 4.78. The zero-order valence-corrected chi connectivity index (χ0v) is 17.7. The van der Waals surface area contributed by atoms with Crippen LogP contribution in [0.1, 0.15) is 5.82 Å². The number of aromatic nitrogens is 5. The first-order chi connectivity index (χ1) is 15.7. The van der Waals surface area contributed by atoms with E-state index in [0.29, 0.717) is 22.0 Å². The van der Waals surface area contributed by atoms with Crippen LogP contribution in [0.2, 0.25) is 5.02 Å². The van der Waals surface area contributed by atoms with Gasteiger partial charge >= 0.3 is 0 Å². The fourth-order valence-electron chi connectivity index (χ4n) is 4.25. The van der Waals surface area contributed by atoms with Crippen molar-refractivity contribution in [2.24, 2.45) is 0 Å². The third kappa shape index (κ3) is 3.18. The molecule has 3 aromatic heterocycles. The van der Waals surface area contributed by atoms with Crippen molar-refractivity contribution in [2.75, 3.05) is 6.54 Å². The normalized spacial score (nSPS) is 13.4. The molecule has 6 nitrogen and oxygen atoms in total. The third-order valence-electron chi connectivity index (χ3n) is 5.82. The second-order valence-electron chi connectivity index (χ2n) is 7.77. The van der Waals surface area contributed by atoms with E-state index < -0.39 is 0 Å². The molecule has 0 saturated heterocycles. The number of hydrogen-bond acceptors (Lipinski definition) is 4. The summed E-state index contributed by atoms with van der Waals surface area (Å²) in [5.74, 6) is 0.675. The first kappa shape index (κ1) is 19.2. The highest BCUT2D eigenvalue weighted by Crippen LogP contribution is 2.34. The molecule has 8 heteroatoms. The molecule has 0 bridgehead atoms. The Labute approximate surface area is 188 Å². The van der Waals surface area contributed by atoms with Crippen LogP contribution in [0.25, 0.3) is 44.7 Å². The number of hydrogen-bond donors (Lipinski definition) is 2. The van der Waals surface area contributed by atoms with Crippen molar-refractivity contribution in [1.29, 1.82) is 0 Å². The van der Waals surface area contributed by atoms with Crippen molar-refractivity contribution in [1.82, 2.24) is 29.8 Å². The van der Waals surface area contributed by atoms with Gasteiger partial charge in [0, 0.05) is 46.4 Å². The van der Waals surface area contributed by atoms with Gasteiger partial charge in [0.05, 0.1) is 41.7 Å². The predicted octanol–water partition coefficient (Wildman–Crippen LogP) is 5.05. The Balaban J connectivity index is 1.45. The lowest BCUT2D eigenvalue weighted by Crippen LogP contribution is -2.28. The summed E-state index contributed by atoms with van der Waals surface area (Å²) < 4.78 is 16.7. The third-order valence-corrected chi connectivity index (χ3v) is 6.06. The number of halogens is 2. The molecule has 1 aliphatic heterocycles. The fourth-order valence-corrected chi connectivity index (χ4v) is 4.42. The van der Waals surface area contributed by atoms with E-state index in [1.165, 1.54) is 12.1 Å². The van der Waals surface area contributed by atoms with E-state index in [4.69, 9.17) is 11.6 Å². The number of H-pyrrole nitrogens is 1. The lowest BCUT2D eigenvalue weighted by atomic mass is 10.0. The SMILES string of the molecule is Fc1ccc(Cl)cc1-c1[nH]cnc1-c1ccc2ncc(-c3cnc4n3CCNC4)cc2c1. The molecule has 6 rings (SSSR count). The second kappa shape index (κ2) is 7.55. The predicted molar refractivity (Wildman–Crippen MR) is 123 cm³/mol. The monoisotopic (exact) mass is 444 g/mol. The topological polar surface area (TPSA) is 71.4 Å². The molecular formula is C24H18ClFN6. The first-order valence-corrected chi connectivity index (χ1v) is 10.7. The molecule has 0 aliphatic carbocycles. The Kier molecular flexibility index (Phi) is 4.52. The van der Waals surface area contributed by atoms with Crippen molar-refractivity contribution in [3.05, 3.63) is 77.8 Å². The molecule has 2 aromatic carbocycles. The van der Waals surface area contributed by atoms with Gasteiger partial charge in [-0.3, -0.25) is 4.98 Å². The number of fused-ring (bicyclic) bond motifs is 2. The van der Waals surface area contributed by atoms with Crippen LogP contribution in [-0.4, -0.2) is 31.0 Å². The average Bonchev–Trinajstić information content (AvgIpc) is 3.47. The molecule has 4 heterocycles. The number of nitrogens with zero attached hydrogens (tertiary/aromatic N) is 4. The van der Waals surface area contributed by atoms with Crippen LogP contribution in [-0.2, 0) is 13.1 Å². The molecule has 2 N–H and O–H groups in total.